The summed E-state index contributed by atoms with van der Waals surface area (Å²) in [6.45, 7) is 7.44. The molecule has 2 rings (SSSR count). The van der Waals surface area contributed by atoms with E-state index in [1.807, 2.05) is 24.4 Å². The van der Waals surface area contributed by atoms with E-state index in [0.717, 1.165) is 50.6 Å². The van der Waals surface area contributed by atoms with Gasteiger partial charge in [0.25, 0.3) is 0 Å². The lowest BCUT2D eigenvalue weighted by molar-refractivity contribution is 0.0283. The molecule has 0 aromatic carbocycles. The lowest BCUT2D eigenvalue weighted by Crippen LogP contribution is -2.40. The fourth-order valence-electron chi connectivity index (χ4n) is 2.40. The van der Waals surface area contributed by atoms with E-state index in [2.05, 4.69) is 34.5 Å². The maximum atomic E-state index is 5.77. The van der Waals surface area contributed by atoms with Gasteiger partial charge in [0.05, 0.1) is 12.1 Å². The van der Waals surface area contributed by atoms with Crippen molar-refractivity contribution in [3.63, 3.8) is 0 Å². The topological polar surface area (TPSA) is 58.5 Å². The normalized spacial score (nSPS) is 21.3. The highest BCUT2D eigenvalue weighted by molar-refractivity contribution is 14.0. The molecule has 2 heterocycles. The van der Waals surface area contributed by atoms with Crippen LogP contribution in [0.2, 0.25) is 0 Å². The van der Waals surface area contributed by atoms with Gasteiger partial charge in [0.2, 0.25) is 0 Å². The number of pyridine rings is 1. The summed E-state index contributed by atoms with van der Waals surface area (Å²) >= 11 is 0. The third kappa shape index (κ3) is 6.48. The highest BCUT2D eigenvalue weighted by Crippen LogP contribution is 2.24. The van der Waals surface area contributed by atoms with Gasteiger partial charge in [-0.25, -0.2) is 0 Å². The molecule has 1 atom stereocenters. The van der Waals surface area contributed by atoms with Gasteiger partial charge in [-0.15, -0.1) is 24.0 Å². The molecule has 6 heteroatoms. The van der Waals surface area contributed by atoms with Gasteiger partial charge in [-0.05, 0) is 38.8 Å². The van der Waals surface area contributed by atoms with Gasteiger partial charge < -0.3 is 15.4 Å². The number of hydrogen-bond acceptors (Lipinski definition) is 3. The van der Waals surface area contributed by atoms with Crippen molar-refractivity contribution in [1.82, 2.24) is 15.6 Å². The summed E-state index contributed by atoms with van der Waals surface area (Å²) in [5.41, 5.74) is 0.996. The molecule has 1 aliphatic rings. The zero-order valence-corrected chi connectivity index (χ0v) is 15.8. The number of nitrogens with zero attached hydrogens (tertiary/aromatic N) is 2. The molecule has 2 N–H and O–H groups in total. The second-order valence-electron chi connectivity index (χ2n) is 5.59. The first-order chi connectivity index (χ1) is 10.2. The minimum absolute atomic E-state index is 0. The van der Waals surface area contributed by atoms with Gasteiger partial charge in [-0.3, -0.25) is 9.98 Å². The summed E-state index contributed by atoms with van der Waals surface area (Å²) in [5.74, 6) is 0.852. The number of aliphatic imine (C=N–C) groups is 1. The van der Waals surface area contributed by atoms with Crippen molar-refractivity contribution in [2.24, 2.45) is 4.99 Å². The predicted molar refractivity (Wildman–Crippen MR) is 101 cm³/mol. The molecule has 1 unspecified atom stereocenters. The van der Waals surface area contributed by atoms with E-state index in [-0.39, 0.29) is 29.6 Å². The largest absolute Gasteiger partial charge is 0.373 e. The first-order valence-electron chi connectivity index (χ1n) is 7.78. The number of aromatic nitrogens is 1. The summed E-state index contributed by atoms with van der Waals surface area (Å²) in [4.78, 5) is 8.97. The Kier molecular flexibility index (Phi) is 8.70. The molecule has 0 bridgehead atoms. The van der Waals surface area contributed by atoms with Crippen molar-refractivity contribution >= 4 is 29.9 Å². The molecule has 1 aromatic heterocycles. The Morgan fingerprint density at radius 3 is 2.91 bits per heavy atom. The molecule has 1 aliphatic heterocycles. The van der Waals surface area contributed by atoms with Crippen molar-refractivity contribution in [3.05, 3.63) is 30.1 Å². The molecule has 1 saturated heterocycles. The van der Waals surface area contributed by atoms with Crippen LogP contribution in [0.15, 0.2) is 29.4 Å². The zero-order valence-electron chi connectivity index (χ0n) is 13.5. The van der Waals surface area contributed by atoms with Gasteiger partial charge in [0.15, 0.2) is 5.96 Å². The first-order valence-corrected chi connectivity index (χ1v) is 7.78. The number of nitrogens with one attached hydrogen (secondary N) is 2. The minimum Gasteiger partial charge on any atom is -0.373 e. The van der Waals surface area contributed by atoms with E-state index in [4.69, 9.17) is 4.74 Å². The summed E-state index contributed by atoms with van der Waals surface area (Å²) in [7, 11) is 0. The fourth-order valence-corrected chi connectivity index (χ4v) is 2.40. The minimum atomic E-state index is -0.0939. The number of guanidine groups is 1. The molecule has 1 fully saturated rings. The fraction of sp³-hybridized carbons (Fsp3) is 0.625. The Hall–Kier alpha value is -0.890. The highest BCUT2D eigenvalue weighted by atomic mass is 127. The standard InChI is InChI=1S/C16H26N4O.HI/c1-3-17-15(20-13-16(2)9-6-12-21-16)19-11-8-14-7-4-5-10-18-14;/h4-5,7,10H,3,6,8-9,11-13H2,1-2H3,(H2,17,19,20);1H. The van der Waals surface area contributed by atoms with Crippen molar-refractivity contribution in [3.8, 4) is 0 Å². The van der Waals surface area contributed by atoms with Crippen molar-refractivity contribution in [2.45, 2.75) is 38.7 Å². The van der Waals surface area contributed by atoms with E-state index < -0.39 is 0 Å². The van der Waals surface area contributed by atoms with E-state index in [9.17, 15) is 0 Å². The molecule has 0 aliphatic carbocycles. The van der Waals surface area contributed by atoms with Crippen LogP contribution in [0.3, 0.4) is 0 Å². The van der Waals surface area contributed by atoms with E-state index in [1.54, 1.807) is 0 Å². The lowest BCUT2D eigenvalue weighted by Gasteiger charge is -2.21. The van der Waals surface area contributed by atoms with Crippen LogP contribution in [-0.4, -0.2) is 42.8 Å². The number of ether oxygens (including phenoxy) is 1. The zero-order chi connectivity index (χ0) is 15.0. The third-order valence-corrected chi connectivity index (χ3v) is 3.62. The number of halogens is 1. The Bertz CT molecular complexity index is 447. The second-order valence-corrected chi connectivity index (χ2v) is 5.59. The van der Waals surface area contributed by atoms with E-state index in [0.29, 0.717) is 6.54 Å². The Labute approximate surface area is 150 Å². The number of hydrogen-bond donors (Lipinski definition) is 2. The van der Waals surface area contributed by atoms with Crippen LogP contribution in [0.4, 0.5) is 0 Å². The maximum Gasteiger partial charge on any atom is 0.191 e. The van der Waals surface area contributed by atoms with E-state index >= 15 is 0 Å². The molecular formula is C16H27IN4O. The first kappa shape index (κ1) is 19.2. The Balaban J connectivity index is 0.00000242. The third-order valence-electron chi connectivity index (χ3n) is 3.62. The molecular weight excluding hydrogens is 391 g/mol. The van der Waals surface area contributed by atoms with Gasteiger partial charge in [-0.2, -0.15) is 0 Å². The van der Waals surface area contributed by atoms with Crippen molar-refractivity contribution in [2.75, 3.05) is 26.2 Å². The average molecular weight is 418 g/mol. The van der Waals surface area contributed by atoms with Crippen LogP contribution in [0.1, 0.15) is 32.4 Å². The van der Waals surface area contributed by atoms with Gasteiger partial charge in [0.1, 0.15) is 0 Å². The molecule has 22 heavy (non-hydrogen) atoms. The summed E-state index contributed by atoms with van der Waals surface area (Å²) < 4.78 is 5.77. The average Bonchev–Trinajstić information content (AvgIpc) is 2.93. The Morgan fingerprint density at radius 2 is 2.27 bits per heavy atom. The molecule has 0 amide bonds. The van der Waals surface area contributed by atoms with Crippen molar-refractivity contribution < 1.29 is 4.74 Å². The molecule has 5 nitrogen and oxygen atoms in total. The van der Waals surface area contributed by atoms with Crippen LogP contribution in [0, 0.1) is 0 Å². The molecule has 0 spiro atoms. The molecule has 124 valence electrons. The SMILES string of the molecule is CCNC(=NCC1(C)CCCO1)NCCc1ccccn1.I. The molecule has 0 radical (unpaired) electrons. The predicted octanol–water partition coefficient (Wildman–Crippen LogP) is 2.37. The quantitative estimate of drug-likeness (QED) is 0.423. The number of rotatable bonds is 6. The van der Waals surface area contributed by atoms with Gasteiger partial charge in [-0.1, -0.05) is 6.07 Å². The van der Waals surface area contributed by atoms with Gasteiger partial charge in [0, 0.05) is 38.0 Å². The smallest absolute Gasteiger partial charge is 0.191 e. The highest BCUT2D eigenvalue weighted by Gasteiger charge is 2.29. The Morgan fingerprint density at radius 1 is 1.41 bits per heavy atom. The lowest BCUT2D eigenvalue weighted by atomic mass is 10.0. The van der Waals surface area contributed by atoms with Crippen LogP contribution >= 0.6 is 24.0 Å². The summed E-state index contributed by atoms with van der Waals surface area (Å²) in [6, 6.07) is 5.99. The molecule has 1 aromatic rings. The maximum absolute atomic E-state index is 5.77. The second kappa shape index (κ2) is 9.99. The van der Waals surface area contributed by atoms with Crippen LogP contribution in [-0.2, 0) is 11.2 Å². The van der Waals surface area contributed by atoms with Crippen LogP contribution in [0.5, 0.6) is 0 Å². The molecule has 0 saturated carbocycles. The van der Waals surface area contributed by atoms with Gasteiger partial charge >= 0.3 is 0 Å². The monoisotopic (exact) mass is 418 g/mol. The van der Waals surface area contributed by atoms with Crippen LogP contribution in [0.25, 0.3) is 0 Å². The van der Waals surface area contributed by atoms with E-state index in [1.165, 1.54) is 0 Å². The summed E-state index contributed by atoms with van der Waals surface area (Å²) in [6.07, 6.45) is 4.94. The summed E-state index contributed by atoms with van der Waals surface area (Å²) in [5, 5.41) is 6.63. The van der Waals surface area contributed by atoms with Crippen molar-refractivity contribution in [1.29, 1.82) is 0 Å². The van der Waals surface area contributed by atoms with Crippen LogP contribution < -0.4 is 10.6 Å².